The number of hydrogen-bond donors (Lipinski definition) is 1. The lowest BCUT2D eigenvalue weighted by atomic mass is 9.97. The van der Waals surface area contributed by atoms with E-state index in [1.165, 1.54) is 5.69 Å². The van der Waals surface area contributed by atoms with Crippen LogP contribution in [0.15, 0.2) is 0 Å². The van der Waals surface area contributed by atoms with Crippen LogP contribution in [0.3, 0.4) is 0 Å². The summed E-state index contributed by atoms with van der Waals surface area (Å²) in [5.74, 6) is 0. The first kappa shape index (κ1) is 6.79. The number of aromatic nitrogens is 3. The molecule has 1 aromatic rings. The van der Waals surface area contributed by atoms with Crippen LogP contribution in [0.5, 0.6) is 0 Å². The van der Waals surface area contributed by atoms with E-state index in [1.54, 1.807) is 0 Å². The third-order valence-corrected chi connectivity index (χ3v) is 2.23. The van der Waals surface area contributed by atoms with Gasteiger partial charge in [0.1, 0.15) is 0 Å². The van der Waals surface area contributed by atoms with Crippen LogP contribution in [-0.4, -0.2) is 21.0 Å². The first-order chi connectivity index (χ1) is 5.27. The van der Waals surface area contributed by atoms with Gasteiger partial charge in [0.15, 0.2) is 0 Å². The Labute approximate surface area is 65.4 Å². The maximum atomic E-state index is 5.78. The fourth-order valence-electron chi connectivity index (χ4n) is 1.56. The molecule has 1 heterocycles. The van der Waals surface area contributed by atoms with Crippen LogP contribution < -0.4 is 5.73 Å². The van der Waals surface area contributed by atoms with Crippen molar-refractivity contribution in [3.05, 3.63) is 11.4 Å². The Morgan fingerprint density at radius 2 is 2.45 bits per heavy atom. The Hall–Kier alpha value is -0.900. The normalized spacial score (nSPS) is 23.3. The Morgan fingerprint density at radius 3 is 3.27 bits per heavy atom. The van der Waals surface area contributed by atoms with Crippen molar-refractivity contribution in [3.8, 4) is 0 Å². The molecule has 0 saturated heterocycles. The minimum Gasteiger partial charge on any atom is -0.327 e. The topological polar surface area (TPSA) is 56.7 Å². The van der Waals surface area contributed by atoms with Gasteiger partial charge in [0, 0.05) is 19.5 Å². The summed E-state index contributed by atoms with van der Waals surface area (Å²) in [5.41, 5.74) is 8.13. The Morgan fingerprint density at radius 1 is 1.64 bits per heavy atom. The highest BCUT2D eigenvalue weighted by molar-refractivity contribution is 5.15. The van der Waals surface area contributed by atoms with Gasteiger partial charge in [0.2, 0.25) is 0 Å². The van der Waals surface area contributed by atoms with Gasteiger partial charge in [0.25, 0.3) is 0 Å². The van der Waals surface area contributed by atoms with Gasteiger partial charge in [-0.15, -0.1) is 5.10 Å². The van der Waals surface area contributed by atoms with E-state index in [2.05, 4.69) is 10.3 Å². The third-order valence-electron chi connectivity index (χ3n) is 2.23. The van der Waals surface area contributed by atoms with Gasteiger partial charge < -0.3 is 5.73 Å². The zero-order valence-corrected chi connectivity index (χ0v) is 6.62. The van der Waals surface area contributed by atoms with E-state index in [1.807, 2.05) is 11.7 Å². The molecule has 1 atom stereocenters. The molecule has 2 N–H and O–H groups in total. The standard InChI is InChI=1S/C7H12N4/c1-11-7-3-2-5(8)4-6(7)9-10-11/h5H,2-4,8H2,1H3/t5-/m1/s1. The van der Waals surface area contributed by atoms with Crippen LogP contribution >= 0.6 is 0 Å². The van der Waals surface area contributed by atoms with E-state index < -0.39 is 0 Å². The zero-order chi connectivity index (χ0) is 7.84. The second-order valence-electron chi connectivity index (χ2n) is 3.11. The van der Waals surface area contributed by atoms with Gasteiger partial charge in [-0.2, -0.15) is 0 Å². The first-order valence-electron chi connectivity index (χ1n) is 3.90. The number of aryl methyl sites for hydroxylation is 1. The van der Waals surface area contributed by atoms with Gasteiger partial charge in [-0.25, -0.2) is 0 Å². The van der Waals surface area contributed by atoms with Crippen LogP contribution in [-0.2, 0) is 19.9 Å². The summed E-state index contributed by atoms with van der Waals surface area (Å²) in [6, 6.07) is 0.291. The number of rotatable bonds is 0. The largest absolute Gasteiger partial charge is 0.327 e. The van der Waals surface area contributed by atoms with Gasteiger partial charge in [-0.3, -0.25) is 4.68 Å². The lowest BCUT2D eigenvalue weighted by Crippen LogP contribution is -2.28. The van der Waals surface area contributed by atoms with E-state index in [0.29, 0.717) is 6.04 Å². The molecule has 60 valence electrons. The van der Waals surface area contributed by atoms with Crippen molar-refractivity contribution in [1.29, 1.82) is 0 Å². The smallest absolute Gasteiger partial charge is 0.0874 e. The summed E-state index contributed by atoms with van der Waals surface area (Å²) >= 11 is 0. The van der Waals surface area contributed by atoms with E-state index in [4.69, 9.17) is 5.73 Å². The van der Waals surface area contributed by atoms with E-state index >= 15 is 0 Å². The van der Waals surface area contributed by atoms with Crippen molar-refractivity contribution in [3.63, 3.8) is 0 Å². The monoisotopic (exact) mass is 152 g/mol. The molecule has 1 aliphatic rings. The molecule has 4 nitrogen and oxygen atoms in total. The van der Waals surface area contributed by atoms with Crippen molar-refractivity contribution in [2.75, 3.05) is 0 Å². The maximum absolute atomic E-state index is 5.78. The highest BCUT2D eigenvalue weighted by atomic mass is 15.4. The molecule has 0 unspecified atom stereocenters. The molecule has 2 rings (SSSR count). The Bertz CT molecular complexity index is 265. The maximum Gasteiger partial charge on any atom is 0.0874 e. The average Bonchev–Trinajstić information content (AvgIpc) is 2.32. The number of nitrogens with zero attached hydrogens (tertiary/aromatic N) is 3. The molecule has 11 heavy (non-hydrogen) atoms. The molecule has 4 heteroatoms. The summed E-state index contributed by atoms with van der Waals surface area (Å²) < 4.78 is 1.85. The quantitative estimate of drug-likeness (QED) is 0.552. The average molecular weight is 152 g/mol. The summed E-state index contributed by atoms with van der Waals surface area (Å²) in [5, 5.41) is 7.98. The Kier molecular flexibility index (Phi) is 1.42. The van der Waals surface area contributed by atoms with Gasteiger partial charge in [-0.1, -0.05) is 5.21 Å². The SMILES string of the molecule is Cn1nnc2c1CC[C@@H](N)C2. The lowest BCUT2D eigenvalue weighted by molar-refractivity contribution is 0.551. The molecule has 0 radical (unpaired) electrons. The molecule has 0 saturated carbocycles. The summed E-state index contributed by atoms with van der Waals surface area (Å²) in [7, 11) is 1.93. The second kappa shape index (κ2) is 2.30. The minimum atomic E-state index is 0.291. The molecule has 0 amide bonds. The van der Waals surface area contributed by atoms with Crippen molar-refractivity contribution in [2.45, 2.75) is 25.3 Å². The second-order valence-corrected chi connectivity index (χ2v) is 3.11. The van der Waals surface area contributed by atoms with Crippen LogP contribution in [0, 0.1) is 0 Å². The molecular formula is C7H12N4. The van der Waals surface area contributed by atoms with E-state index in [-0.39, 0.29) is 0 Å². The van der Waals surface area contributed by atoms with Gasteiger partial charge in [0.05, 0.1) is 11.4 Å². The van der Waals surface area contributed by atoms with Crippen molar-refractivity contribution in [2.24, 2.45) is 12.8 Å². The van der Waals surface area contributed by atoms with E-state index in [9.17, 15) is 0 Å². The van der Waals surface area contributed by atoms with Crippen LogP contribution in [0.4, 0.5) is 0 Å². The van der Waals surface area contributed by atoms with Crippen molar-refractivity contribution < 1.29 is 0 Å². The first-order valence-corrected chi connectivity index (χ1v) is 3.90. The summed E-state index contributed by atoms with van der Waals surface area (Å²) in [6.07, 6.45) is 2.98. The number of hydrogen-bond acceptors (Lipinski definition) is 3. The highest BCUT2D eigenvalue weighted by Crippen LogP contribution is 2.16. The molecule has 0 aromatic carbocycles. The third kappa shape index (κ3) is 1.03. The fraction of sp³-hybridized carbons (Fsp3) is 0.714. The zero-order valence-electron chi connectivity index (χ0n) is 6.62. The van der Waals surface area contributed by atoms with Crippen LogP contribution in [0.1, 0.15) is 17.8 Å². The number of nitrogens with two attached hydrogens (primary N) is 1. The number of fused-ring (bicyclic) bond motifs is 1. The predicted octanol–water partition coefficient (Wildman–Crippen LogP) is -0.369. The van der Waals surface area contributed by atoms with Gasteiger partial charge >= 0.3 is 0 Å². The predicted molar refractivity (Wildman–Crippen MR) is 41.0 cm³/mol. The van der Waals surface area contributed by atoms with Crippen LogP contribution in [0.2, 0.25) is 0 Å². The Balaban J connectivity index is 2.36. The molecule has 1 aromatic heterocycles. The van der Waals surface area contributed by atoms with Crippen molar-refractivity contribution >= 4 is 0 Å². The van der Waals surface area contributed by atoms with E-state index in [0.717, 1.165) is 25.0 Å². The van der Waals surface area contributed by atoms with Crippen LogP contribution in [0.25, 0.3) is 0 Å². The lowest BCUT2D eigenvalue weighted by Gasteiger charge is -2.16. The molecule has 0 aliphatic heterocycles. The summed E-state index contributed by atoms with van der Waals surface area (Å²) in [6.45, 7) is 0. The fourth-order valence-corrected chi connectivity index (χ4v) is 1.56. The molecule has 0 spiro atoms. The molecule has 1 aliphatic carbocycles. The summed E-state index contributed by atoms with van der Waals surface area (Å²) in [4.78, 5) is 0. The molecular weight excluding hydrogens is 140 g/mol. The molecule has 0 bridgehead atoms. The van der Waals surface area contributed by atoms with Gasteiger partial charge in [-0.05, 0) is 12.8 Å². The highest BCUT2D eigenvalue weighted by Gasteiger charge is 2.19. The molecule has 0 fully saturated rings. The minimum absolute atomic E-state index is 0.291. The van der Waals surface area contributed by atoms with Crippen molar-refractivity contribution in [1.82, 2.24) is 15.0 Å².